The number of hydrogen-bond acceptors (Lipinski definition) is 5. The average molecular weight is 319 g/mol. The minimum Gasteiger partial charge on any atom is -0.507 e. The van der Waals surface area contributed by atoms with E-state index in [1.165, 1.54) is 18.2 Å². The van der Waals surface area contributed by atoms with Gasteiger partial charge in [-0.05, 0) is 31.2 Å². The third kappa shape index (κ3) is 4.92. The zero-order valence-corrected chi connectivity index (χ0v) is 12.4. The van der Waals surface area contributed by atoms with Crippen LogP contribution in [0, 0.1) is 0 Å². The first-order chi connectivity index (χ1) is 10.9. The zero-order valence-electron chi connectivity index (χ0n) is 12.4. The monoisotopic (exact) mass is 319 g/mol. The van der Waals surface area contributed by atoms with Crippen molar-refractivity contribution in [2.24, 2.45) is 5.73 Å². The zero-order chi connectivity index (χ0) is 17.4. The average Bonchev–Trinajstić information content (AvgIpc) is 2.48. The number of primary amides is 1. The normalized spacial score (nSPS) is 9.43. The third-order valence-corrected chi connectivity index (χ3v) is 2.69. The quantitative estimate of drug-likeness (QED) is 0.681. The molecule has 0 spiro atoms. The van der Waals surface area contributed by atoms with Crippen LogP contribution in [-0.4, -0.2) is 33.8 Å². The van der Waals surface area contributed by atoms with Gasteiger partial charge in [-0.3, -0.25) is 4.79 Å². The number of ether oxygens (including phenoxy) is 1. The molecule has 5 N–H and O–H groups in total. The molecule has 0 aliphatic heterocycles. The lowest BCUT2D eigenvalue weighted by molar-refractivity contribution is 0.0690. The van der Waals surface area contributed by atoms with Gasteiger partial charge in [-0.25, -0.2) is 4.79 Å². The molecule has 7 heteroatoms. The summed E-state index contributed by atoms with van der Waals surface area (Å²) in [6.07, 6.45) is 0. The molecule has 7 nitrogen and oxygen atoms in total. The van der Waals surface area contributed by atoms with E-state index in [1.807, 2.05) is 6.92 Å². The number of carboxylic acids is 1. The first kappa shape index (κ1) is 17.8. The fourth-order valence-corrected chi connectivity index (χ4v) is 1.70. The highest BCUT2D eigenvalue weighted by Crippen LogP contribution is 2.25. The fraction of sp³-hybridized carbons (Fsp3) is 0.125. The molecule has 0 heterocycles. The van der Waals surface area contributed by atoms with Crippen molar-refractivity contribution < 1.29 is 29.6 Å². The summed E-state index contributed by atoms with van der Waals surface area (Å²) in [7, 11) is 0. The second kappa shape index (κ2) is 8.28. The summed E-state index contributed by atoms with van der Waals surface area (Å²) in [4.78, 5) is 21.2. The molecule has 2 rings (SSSR count). The molecule has 0 aliphatic rings. The number of para-hydroxylation sites is 1. The minimum absolute atomic E-state index is 0.430. The molecule has 0 atom stereocenters. The smallest absolute Gasteiger partial charge is 0.343 e. The van der Waals surface area contributed by atoms with Crippen LogP contribution in [0.1, 0.15) is 27.6 Å². The van der Waals surface area contributed by atoms with E-state index in [9.17, 15) is 9.59 Å². The SMILES string of the molecule is CCOc1ccccc1C(N)=O.O=C(O)c1c(O)cccc1O. The molecule has 0 saturated heterocycles. The largest absolute Gasteiger partial charge is 0.507 e. The Bertz CT molecular complexity index is 678. The number of rotatable bonds is 4. The van der Waals surface area contributed by atoms with E-state index in [-0.39, 0.29) is 0 Å². The summed E-state index contributed by atoms with van der Waals surface area (Å²) < 4.78 is 5.20. The number of nitrogens with two attached hydrogens (primary N) is 1. The fourth-order valence-electron chi connectivity index (χ4n) is 1.70. The Hall–Kier alpha value is -3.22. The molecule has 2 aromatic rings. The molecule has 0 aliphatic carbocycles. The van der Waals surface area contributed by atoms with Crippen LogP contribution in [0.5, 0.6) is 17.2 Å². The van der Waals surface area contributed by atoms with Gasteiger partial charge in [0, 0.05) is 0 Å². The number of carboxylic acid groups (broad SMARTS) is 1. The molecule has 0 bridgehead atoms. The van der Waals surface area contributed by atoms with Crippen molar-refractivity contribution in [3.8, 4) is 17.2 Å². The maximum atomic E-state index is 10.8. The van der Waals surface area contributed by atoms with Crippen molar-refractivity contribution in [3.63, 3.8) is 0 Å². The van der Waals surface area contributed by atoms with Gasteiger partial charge in [-0.1, -0.05) is 18.2 Å². The lowest BCUT2D eigenvalue weighted by Gasteiger charge is -2.05. The topological polar surface area (TPSA) is 130 Å². The molecular formula is C16H17NO6. The van der Waals surface area contributed by atoms with Crippen LogP contribution in [0.25, 0.3) is 0 Å². The summed E-state index contributed by atoms with van der Waals surface area (Å²) in [6.45, 7) is 2.39. The van der Waals surface area contributed by atoms with Gasteiger partial charge in [0.05, 0.1) is 12.2 Å². The van der Waals surface area contributed by atoms with Gasteiger partial charge in [0.25, 0.3) is 5.91 Å². The Morgan fingerprint density at radius 3 is 2.04 bits per heavy atom. The molecular weight excluding hydrogens is 302 g/mol. The summed E-state index contributed by atoms with van der Waals surface area (Å²) in [5, 5.41) is 26.3. The Morgan fingerprint density at radius 2 is 1.61 bits per heavy atom. The number of benzene rings is 2. The maximum Gasteiger partial charge on any atom is 0.343 e. The van der Waals surface area contributed by atoms with Gasteiger partial charge < -0.3 is 25.8 Å². The number of hydrogen-bond donors (Lipinski definition) is 4. The van der Waals surface area contributed by atoms with Crippen molar-refractivity contribution in [1.29, 1.82) is 0 Å². The maximum absolute atomic E-state index is 10.8. The lowest BCUT2D eigenvalue weighted by Crippen LogP contribution is -2.12. The number of phenols is 2. The molecule has 0 saturated carbocycles. The van der Waals surface area contributed by atoms with Crippen molar-refractivity contribution >= 4 is 11.9 Å². The second-order valence-electron chi connectivity index (χ2n) is 4.27. The number of carbonyl (C=O) groups is 2. The minimum atomic E-state index is -1.35. The summed E-state index contributed by atoms with van der Waals surface area (Å²) in [5.74, 6) is -2.12. The first-order valence-electron chi connectivity index (χ1n) is 6.64. The number of amides is 1. The van der Waals surface area contributed by atoms with Crippen molar-refractivity contribution in [1.82, 2.24) is 0 Å². The predicted molar refractivity (Wildman–Crippen MR) is 82.9 cm³/mol. The standard InChI is InChI=1S/C9H11NO2.C7H6O4/c1-2-12-8-6-4-3-5-7(8)9(10)11;8-4-2-1-3-5(9)6(4)7(10)11/h3-6H,2H2,1H3,(H2,10,11);1-3,8-9H,(H,10,11). The summed E-state index contributed by atoms with van der Waals surface area (Å²) >= 11 is 0. The lowest BCUT2D eigenvalue weighted by atomic mass is 10.2. The van der Waals surface area contributed by atoms with Gasteiger partial charge in [0.1, 0.15) is 22.8 Å². The Kier molecular flexibility index (Phi) is 6.42. The number of aromatic carboxylic acids is 1. The summed E-state index contributed by atoms with van der Waals surface area (Å²) in [6, 6.07) is 10.7. The highest BCUT2D eigenvalue weighted by atomic mass is 16.5. The first-order valence-corrected chi connectivity index (χ1v) is 6.64. The molecule has 2 aromatic carbocycles. The van der Waals surface area contributed by atoms with Crippen LogP contribution in [-0.2, 0) is 0 Å². The number of carbonyl (C=O) groups excluding carboxylic acids is 1. The van der Waals surface area contributed by atoms with E-state index < -0.39 is 28.9 Å². The predicted octanol–water partition coefficient (Wildman–Crippen LogP) is 1.98. The molecule has 0 unspecified atom stereocenters. The van der Waals surface area contributed by atoms with E-state index in [4.69, 9.17) is 25.8 Å². The van der Waals surface area contributed by atoms with Crippen LogP contribution in [0.15, 0.2) is 42.5 Å². The molecule has 23 heavy (non-hydrogen) atoms. The van der Waals surface area contributed by atoms with Gasteiger partial charge in [-0.15, -0.1) is 0 Å². The molecule has 0 fully saturated rings. The van der Waals surface area contributed by atoms with Crippen molar-refractivity contribution in [2.75, 3.05) is 6.61 Å². The van der Waals surface area contributed by atoms with Gasteiger partial charge in [0.15, 0.2) is 0 Å². The van der Waals surface area contributed by atoms with Crippen LogP contribution in [0.3, 0.4) is 0 Å². The van der Waals surface area contributed by atoms with Crippen LogP contribution < -0.4 is 10.5 Å². The molecule has 0 radical (unpaired) electrons. The van der Waals surface area contributed by atoms with E-state index in [0.717, 1.165) is 0 Å². The van der Waals surface area contributed by atoms with E-state index in [2.05, 4.69) is 0 Å². The van der Waals surface area contributed by atoms with Gasteiger partial charge in [-0.2, -0.15) is 0 Å². The Labute approximate surface area is 132 Å². The van der Waals surface area contributed by atoms with Gasteiger partial charge >= 0.3 is 5.97 Å². The van der Waals surface area contributed by atoms with Crippen molar-refractivity contribution in [3.05, 3.63) is 53.6 Å². The number of aromatic hydroxyl groups is 2. The molecule has 0 aromatic heterocycles. The van der Waals surface area contributed by atoms with E-state index in [1.54, 1.807) is 24.3 Å². The van der Waals surface area contributed by atoms with E-state index >= 15 is 0 Å². The van der Waals surface area contributed by atoms with Crippen LogP contribution in [0.2, 0.25) is 0 Å². The van der Waals surface area contributed by atoms with Gasteiger partial charge in [0.2, 0.25) is 0 Å². The van der Waals surface area contributed by atoms with Crippen molar-refractivity contribution in [2.45, 2.75) is 6.92 Å². The summed E-state index contributed by atoms with van der Waals surface area (Å²) in [5.41, 5.74) is 5.09. The third-order valence-electron chi connectivity index (χ3n) is 2.69. The Morgan fingerprint density at radius 1 is 1.04 bits per heavy atom. The van der Waals surface area contributed by atoms with E-state index in [0.29, 0.717) is 17.9 Å². The van der Waals surface area contributed by atoms with Crippen LogP contribution >= 0.6 is 0 Å². The molecule has 1 amide bonds. The highest BCUT2D eigenvalue weighted by molar-refractivity contribution is 5.95. The van der Waals surface area contributed by atoms with Crippen LogP contribution in [0.4, 0.5) is 0 Å². The Balaban J connectivity index is 0.000000231. The second-order valence-corrected chi connectivity index (χ2v) is 4.27. The molecule has 122 valence electrons. The highest BCUT2D eigenvalue weighted by Gasteiger charge is 2.13.